The minimum Gasteiger partial charge on any atom is -0.354 e. The fourth-order valence-electron chi connectivity index (χ4n) is 2.43. The summed E-state index contributed by atoms with van der Waals surface area (Å²) in [6.45, 7) is 0.616. The molecule has 3 rings (SSSR count). The van der Waals surface area contributed by atoms with Crippen molar-refractivity contribution in [1.29, 1.82) is 0 Å². The van der Waals surface area contributed by atoms with Gasteiger partial charge in [-0.25, -0.2) is 4.98 Å². The van der Waals surface area contributed by atoms with Crippen LogP contribution in [0.15, 0.2) is 61.2 Å². The predicted octanol–water partition coefficient (Wildman–Crippen LogP) is 2.48. The Labute approximate surface area is 139 Å². The summed E-state index contributed by atoms with van der Waals surface area (Å²) in [7, 11) is 1.77. The Morgan fingerprint density at radius 2 is 1.92 bits per heavy atom. The summed E-state index contributed by atoms with van der Waals surface area (Å²) in [6, 6.07) is 10.7. The Hall–Kier alpha value is -3.15. The lowest BCUT2D eigenvalue weighted by atomic mass is 10.1. The van der Waals surface area contributed by atoms with Crippen molar-refractivity contribution in [2.75, 3.05) is 5.32 Å². The monoisotopic (exact) mass is 322 g/mol. The zero-order valence-corrected chi connectivity index (χ0v) is 13.3. The minimum atomic E-state index is -0.175. The Bertz CT molecular complexity index is 850. The van der Waals surface area contributed by atoms with Crippen molar-refractivity contribution in [2.24, 2.45) is 7.05 Å². The molecule has 0 aliphatic carbocycles. The third-order valence-electron chi connectivity index (χ3n) is 3.70. The molecule has 1 aromatic carbocycles. The van der Waals surface area contributed by atoms with Gasteiger partial charge in [0.1, 0.15) is 0 Å². The van der Waals surface area contributed by atoms with Gasteiger partial charge >= 0.3 is 0 Å². The largest absolute Gasteiger partial charge is 0.354 e. The standard InChI is InChI=1S/C18H18N4O2/c1-21-12-8-19-18(21)17(24)14-5-4-6-15(13-14)20-16(23)7-11-22-9-2-3-10-22/h2-6,8-10,12-13H,7,11H2,1H3,(H,20,23). The highest BCUT2D eigenvalue weighted by molar-refractivity contribution is 6.07. The lowest BCUT2D eigenvalue weighted by molar-refractivity contribution is -0.116. The number of hydrogen-bond donors (Lipinski definition) is 1. The molecule has 3 aromatic rings. The van der Waals surface area contributed by atoms with Crippen molar-refractivity contribution >= 4 is 17.4 Å². The first-order valence-corrected chi connectivity index (χ1v) is 7.66. The van der Waals surface area contributed by atoms with Crippen LogP contribution in [0.25, 0.3) is 0 Å². The zero-order chi connectivity index (χ0) is 16.9. The molecule has 122 valence electrons. The van der Waals surface area contributed by atoms with E-state index >= 15 is 0 Å². The van der Waals surface area contributed by atoms with Crippen molar-refractivity contribution in [1.82, 2.24) is 14.1 Å². The van der Waals surface area contributed by atoms with Crippen molar-refractivity contribution in [3.63, 3.8) is 0 Å². The smallest absolute Gasteiger partial charge is 0.228 e. The Morgan fingerprint density at radius 3 is 2.62 bits per heavy atom. The second-order valence-electron chi connectivity index (χ2n) is 5.49. The fourth-order valence-corrected chi connectivity index (χ4v) is 2.43. The van der Waals surface area contributed by atoms with Crippen LogP contribution in [0, 0.1) is 0 Å². The fraction of sp³-hybridized carbons (Fsp3) is 0.167. The van der Waals surface area contributed by atoms with Crippen LogP contribution in [-0.2, 0) is 18.4 Å². The predicted molar refractivity (Wildman–Crippen MR) is 90.8 cm³/mol. The molecule has 1 N–H and O–H groups in total. The lowest BCUT2D eigenvalue weighted by Crippen LogP contribution is -2.15. The molecule has 6 heteroatoms. The molecule has 24 heavy (non-hydrogen) atoms. The third-order valence-corrected chi connectivity index (χ3v) is 3.70. The first kappa shape index (κ1) is 15.7. The van der Waals surface area contributed by atoms with Crippen LogP contribution in [0.5, 0.6) is 0 Å². The maximum absolute atomic E-state index is 12.4. The van der Waals surface area contributed by atoms with E-state index in [4.69, 9.17) is 0 Å². The van der Waals surface area contributed by atoms with Gasteiger partial charge in [0.15, 0.2) is 5.82 Å². The molecule has 0 aliphatic rings. The molecule has 0 saturated heterocycles. The van der Waals surface area contributed by atoms with Gasteiger partial charge in [-0.05, 0) is 24.3 Å². The number of aromatic nitrogens is 3. The van der Waals surface area contributed by atoms with Crippen LogP contribution in [0.1, 0.15) is 22.6 Å². The summed E-state index contributed by atoms with van der Waals surface area (Å²) < 4.78 is 3.62. The molecule has 2 heterocycles. The van der Waals surface area contributed by atoms with Gasteiger partial charge in [-0.3, -0.25) is 9.59 Å². The van der Waals surface area contributed by atoms with Gasteiger partial charge < -0.3 is 14.5 Å². The van der Waals surface area contributed by atoms with Crippen molar-refractivity contribution in [2.45, 2.75) is 13.0 Å². The number of carbonyl (C=O) groups is 2. The van der Waals surface area contributed by atoms with Gasteiger partial charge in [-0.2, -0.15) is 0 Å². The maximum atomic E-state index is 12.4. The average molecular weight is 322 g/mol. The molecule has 0 unspecified atom stereocenters. The Kier molecular flexibility index (Phi) is 4.56. The molecule has 0 spiro atoms. The van der Waals surface area contributed by atoms with E-state index in [9.17, 15) is 9.59 Å². The quantitative estimate of drug-likeness (QED) is 0.709. The highest BCUT2D eigenvalue weighted by Gasteiger charge is 2.14. The van der Waals surface area contributed by atoms with Crippen LogP contribution >= 0.6 is 0 Å². The molecular formula is C18H18N4O2. The van der Waals surface area contributed by atoms with Gasteiger partial charge in [0.25, 0.3) is 0 Å². The van der Waals surface area contributed by atoms with E-state index in [0.717, 1.165) is 0 Å². The number of aryl methyl sites for hydroxylation is 2. The minimum absolute atomic E-state index is 0.0923. The summed E-state index contributed by atoms with van der Waals surface area (Å²) in [5.74, 6) is 0.0994. The SMILES string of the molecule is Cn1ccnc1C(=O)c1cccc(NC(=O)CCn2cccc2)c1. The van der Waals surface area contributed by atoms with E-state index < -0.39 is 0 Å². The second-order valence-corrected chi connectivity index (χ2v) is 5.49. The number of imidazole rings is 1. The summed E-state index contributed by atoms with van der Waals surface area (Å²) >= 11 is 0. The third kappa shape index (κ3) is 3.60. The summed E-state index contributed by atoms with van der Waals surface area (Å²) in [4.78, 5) is 28.6. The van der Waals surface area contributed by atoms with Crippen molar-refractivity contribution in [3.8, 4) is 0 Å². The molecular weight excluding hydrogens is 304 g/mol. The van der Waals surface area contributed by atoms with Crippen molar-refractivity contribution in [3.05, 3.63) is 72.6 Å². The number of benzene rings is 1. The van der Waals surface area contributed by atoms with E-state index in [1.54, 1.807) is 48.3 Å². The molecule has 0 aliphatic heterocycles. The number of anilines is 1. The highest BCUT2D eigenvalue weighted by atomic mass is 16.1. The molecule has 0 saturated carbocycles. The maximum Gasteiger partial charge on any atom is 0.228 e. The van der Waals surface area contributed by atoms with E-state index in [-0.39, 0.29) is 11.7 Å². The molecule has 6 nitrogen and oxygen atoms in total. The number of ketones is 1. The molecule has 0 radical (unpaired) electrons. The number of amides is 1. The molecule has 0 atom stereocenters. The molecule has 0 bridgehead atoms. The first-order valence-electron chi connectivity index (χ1n) is 7.66. The lowest BCUT2D eigenvalue weighted by Gasteiger charge is -2.08. The van der Waals surface area contributed by atoms with Crippen LogP contribution in [0.2, 0.25) is 0 Å². The Balaban J connectivity index is 1.65. The first-order chi connectivity index (χ1) is 11.6. The van der Waals surface area contributed by atoms with Gasteiger partial charge in [-0.1, -0.05) is 12.1 Å². The van der Waals surface area contributed by atoms with Gasteiger partial charge in [-0.15, -0.1) is 0 Å². The van der Waals surface area contributed by atoms with E-state index in [1.807, 2.05) is 29.1 Å². The van der Waals surface area contributed by atoms with Gasteiger partial charge in [0, 0.05) is 56.1 Å². The van der Waals surface area contributed by atoms with E-state index in [1.165, 1.54) is 0 Å². The van der Waals surface area contributed by atoms with Crippen LogP contribution in [-0.4, -0.2) is 25.8 Å². The number of nitrogens with one attached hydrogen (secondary N) is 1. The summed E-state index contributed by atoms with van der Waals surface area (Å²) in [5.41, 5.74) is 1.10. The normalized spacial score (nSPS) is 10.5. The zero-order valence-electron chi connectivity index (χ0n) is 13.3. The highest BCUT2D eigenvalue weighted by Crippen LogP contribution is 2.14. The average Bonchev–Trinajstić information content (AvgIpc) is 3.24. The Morgan fingerprint density at radius 1 is 1.12 bits per heavy atom. The van der Waals surface area contributed by atoms with Gasteiger partial charge in [0.2, 0.25) is 11.7 Å². The number of hydrogen-bond acceptors (Lipinski definition) is 3. The molecule has 1 amide bonds. The topological polar surface area (TPSA) is 68.9 Å². The molecule has 0 fully saturated rings. The number of carbonyl (C=O) groups excluding carboxylic acids is 2. The van der Waals surface area contributed by atoms with Crippen molar-refractivity contribution < 1.29 is 9.59 Å². The van der Waals surface area contributed by atoms with Crippen LogP contribution in [0.3, 0.4) is 0 Å². The van der Waals surface area contributed by atoms with Crippen LogP contribution < -0.4 is 5.32 Å². The van der Waals surface area contributed by atoms with Crippen LogP contribution in [0.4, 0.5) is 5.69 Å². The number of nitrogens with zero attached hydrogens (tertiary/aromatic N) is 3. The molecule has 2 aromatic heterocycles. The van der Waals surface area contributed by atoms with E-state index in [0.29, 0.717) is 30.0 Å². The summed E-state index contributed by atoms with van der Waals surface area (Å²) in [5, 5.41) is 2.83. The summed E-state index contributed by atoms with van der Waals surface area (Å²) in [6.07, 6.45) is 7.51. The second kappa shape index (κ2) is 6.95. The van der Waals surface area contributed by atoms with Gasteiger partial charge in [0.05, 0.1) is 0 Å². The van der Waals surface area contributed by atoms with E-state index in [2.05, 4.69) is 10.3 Å². The number of rotatable bonds is 6.